The Kier molecular flexibility index (Phi) is 4.51. The van der Waals surface area contributed by atoms with Gasteiger partial charge in [0.25, 0.3) is 5.56 Å². The van der Waals surface area contributed by atoms with Crippen LogP contribution in [0.1, 0.15) is 55.2 Å². The third-order valence-electron chi connectivity index (χ3n) is 6.24. The lowest BCUT2D eigenvalue weighted by Gasteiger charge is -2.36. The fourth-order valence-corrected chi connectivity index (χ4v) is 6.24. The number of hydrogen-bond donors (Lipinski definition) is 0. The molecule has 1 aromatic carbocycles. The molecule has 2 aliphatic rings. The highest BCUT2D eigenvalue weighted by atomic mass is 32.1. The fourth-order valence-electron chi connectivity index (χ4n) is 4.87. The quantitative estimate of drug-likeness (QED) is 0.658. The molecular formula is C23H26N2O3S. The van der Waals surface area contributed by atoms with Crippen LogP contribution in [0, 0.1) is 0 Å². The molecule has 2 aromatic heterocycles. The second-order valence-corrected chi connectivity index (χ2v) is 9.91. The molecule has 1 aliphatic heterocycles. The van der Waals surface area contributed by atoms with Crippen LogP contribution in [0.4, 0.5) is 0 Å². The minimum Gasteiger partial charge on any atom is -0.375 e. The molecule has 1 saturated heterocycles. The van der Waals surface area contributed by atoms with E-state index in [0.29, 0.717) is 26.0 Å². The SMILES string of the molecule is CC1(C)C[C@H](n2c(=O)c3c4c(sc3n(Cc3ccccc3)c2=O)CCC4)CCO1. The minimum absolute atomic E-state index is 0.101. The van der Waals surface area contributed by atoms with Crippen LogP contribution in [-0.2, 0) is 24.1 Å². The summed E-state index contributed by atoms with van der Waals surface area (Å²) in [5.74, 6) is 0. The number of benzene rings is 1. The molecule has 0 unspecified atom stereocenters. The predicted molar refractivity (Wildman–Crippen MR) is 116 cm³/mol. The zero-order chi connectivity index (χ0) is 20.2. The van der Waals surface area contributed by atoms with Crippen LogP contribution >= 0.6 is 11.3 Å². The summed E-state index contributed by atoms with van der Waals surface area (Å²) in [5, 5.41) is 0.780. The highest BCUT2D eigenvalue weighted by molar-refractivity contribution is 7.18. The first kappa shape index (κ1) is 18.8. The first-order valence-electron chi connectivity index (χ1n) is 10.4. The molecule has 5 rings (SSSR count). The Labute approximate surface area is 173 Å². The van der Waals surface area contributed by atoms with Crippen molar-refractivity contribution >= 4 is 21.6 Å². The van der Waals surface area contributed by atoms with E-state index in [9.17, 15) is 9.59 Å². The van der Waals surface area contributed by atoms with Crippen LogP contribution < -0.4 is 11.2 Å². The first-order chi connectivity index (χ1) is 13.9. The summed E-state index contributed by atoms with van der Waals surface area (Å²) < 4.78 is 9.22. The summed E-state index contributed by atoms with van der Waals surface area (Å²) in [4.78, 5) is 29.4. The van der Waals surface area contributed by atoms with Gasteiger partial charge in [-0.05, 0) is 57.1 Å². The Balaban J connectivity index is 1.75. The highest BCUT2D eigenvalue weighted by Crippen LogP contribution is 2.36. The molecule has 1 fully saturated rings. The number of thiophene rings is 1. The van der Waals surface area contributed by atoms with E-state index >= 15 is 0 Å². The lowest BCUT2D eigenvalue weighted by molar-refractivity contribution is -0.0702. The number of aryl methyl sites for hydroxylation is 2. The van der Waals surface area contributed by atoms with Crippen LogP contribution in [0.2, 0.25) is 0 Å². The van der Waals surface area contributed by atoms with E-state index in [2.05, 4.69) is 0 Å². The molecule has 5 nitrogen and oxygen atoms in total. The van der Waals surface area contributed by atoms with E-state index in [-0.39, 0.29) is 22.9 Å². The van der Waals surface area contributed by atoms with Crippen molar-refractivity contribution < 1.29 is 4.74 Å². The molecule has 6 heteroatoms. The molecule has 0 bridgehead atoms. The first-order valence-corrected chi connectivity index (χ1v) is 11.2. The summed E-state index contributed by atoms with van der Waals surface area (Å²) in [6, 6.07) is 9.90. The monoisotopic (exact) mass is 410 g/mol. The van der Waals surface area contributed by atoms with Gasteiger partial charge in [0.1, 0.15) is 4.83 Å². The number of fused-ring (bicyclic) bond motifs is 3. The van der Waals surface area contributed by atoms with Gasteiger partial charge in [-0.25, -0.2) is 4.79 Å². The van der Waals surface area contributed by atoms with Crippen LogP contribution in [0.3, 0.4) is 0 Å². The zero-order valence-electron chi connectivity index (χ0n) is 16.9. The molecule has 29 heavy (non-hydrogen) atoms. The largest absolute Gasteiger partial charge is 0.375 e. The van der Waals surface area contributed by atoms with Crippen molar-refractivity contribution in [2.24, 2.45) is 0 Å². The molecule has 3 heterocycles. The average molecular weight is 411 g/mol. The van der Waals surface area contributed by atoms with Crippen LogP contribution in [-0.4, -0.2) is 21.3 Å². The zero-order valence-corrected chi connectivity index (χ0v) is 17.8. The molecule has 0 amide bonds. The molecule has 0 N–H and O–H groups in total. The molecule has 1 atom stereocenters. The van der Waals surface area contributed by atoms with Crippen LogP contribution in [0.5, 0.6) is 0 Å². The van der Waals surface area contributed by atoms with Gasteiger partial charge >= 0.3 is 5.69 Å². The Hall–Kier alpha value is -2.18. The van der Waals surface area contributed by atoms with Crippen molar-refractivity contribution in [3.63, 3.8) is 0 Å². The Bertz CT molecular complexity index is 1190. The number of nitrogens with zero attached hydrogens (tertiary/aromatic N) is 2. The van der Waals surface area contributed by atoms with Crippen LogP contribution in [0.15, 0.2) is 39.9 Å². The molecule has 152 valence electrons. The van der Waals surface area contributed by atoms with Crippen molar-refractivity contribution in [3.8, 4) is 0 Å². The maximum Gasteiger partial charge on any atom is 0.332 e. The summed E-state index contributed by atoms with van der Waals surface area (Å²) in [6.45, 7) is 5.13. The molecular weight excluding hydrogens is 384 g/mol. The van der Waals surface area contributed by atoms with E-state index in [4.69, 9.17) is 4.74 Å². The van der Waals surface area contributed by atoms with E-state index in [1.807, 2.05) is 48.7 Å². The molecule has 0 saturated carbocycles. The standard InChI is InChI=1S/C23H26N2O3S/c1-23(2)13-16(11-12-28-23)25-20(26)19-17-9-6-10-18(17)29-21(19)24(22(25)27)14-15-7-4-3-5-8-15/h3-5,7-8,16H,6,9-14H2,1-2H3/t16-/m1/s1. The lowest BCUT2D eigenvalue weighted by Crippen LogP contribution is -2.46. The predicted octanol–water partition coefficient (Wildman–Crippen LogP) is 3.89. The van der Waals surface area contributed by atoms with Crippen molar-refractivity contribution in [1.82, 2.24) is 9.13 Å². The van der Waals surface area contributed by atoms with Crippen molar-refractivity contribution in [3.05, 3.63) is 67.2 Å². The minimum atomic E-state index is -0.329. The number of rotatable bonds is 3. The Morgan fingerprint density at radius 1 is 1.17 bits per heavy atom. The van der Waals surface area contributed by atoms with E-state index in [1.165, 1.54) is 10.4 Å². The molecule has 0 spiro atoms. The number of aromatic nitrogens is 2. The van der Waals surface area contributed by atoms with Gasteiger partial charge in [0.2, 0.25) is 0 Å². The van der Waals surface area contributed by atoms with E-state index in [0.717, 1.165) is 35.0 Å². The van der Waals surface area contributed by atoms with Gasteiger partial charge in [0.15, 0.2) is 0 Å². The molecule has 0 radical (unpaired) electrons. The van der Waals surface area contributed by atoms with Crippen molar-refractivity contribution in [2.45, 2.75) is 64.1 Å². The summed E-state index contributed by atoms with van der Waals surface area (Å²) in [6.07, 6.45) is 4.41. The van der Waals surface area contributed by atoms with E-state index < -0.39 is 0 Å². The molecule has 1 aliphatic carbocycles. The third kappa shape index (κ3) is 3.19. The fraction of sp³-hybridized carbons (Fsp3) is 0.478. The van der Waals surface area contributed by atoms with Gasteiger partial charge in [0.05, 0.1) is 17.5 Å². The maximum atomic E-state index is 13.6. The number of ether oxygens (including phenoxy) is 1. The van der Waals surface area contributed by atoms with Gasteiger partial charge in [-0.2, -0.15) is 0 Å². The summed E-state index contributed by atoms with van der Waals surface area (Å²) in [5.41, 5.74) is 1.63. The summed E-state index contributed by atoms with van der Waals surface area (Å²) in [7, 11) is 0. The Morgan fingerprint density at radius 3 is 2.72 bits per heavy atom. The van der Waals surface area contributed by atoms with Gasteiger partial charge in [0, 0.05) is 17.5 Å². The van der Waals surface area contributed by atoms with Crippen LogP contribution in [0.25, 0.3) is 10.2 Å². The second-order valence-electron chi connectivity index (χ2n) is 8.82. The average Bonchev–Trinajstić information content (AvgIpc) is 3.26. The van der Waals surface area contributed by atoms with Gasteiger partial charge < -0.3 is 4.74 Å². The third-order valence-corrected chi connectivity index (χ3v) is 7.55. The topological polar surface area (TPSA) is 53.2 Å². The lowest BCUT2D eigenvalue weighted by atomic mass is 9.93. The van der Waals surface area contributed by atoms with Crippen molar-refractivity contribution in [2.75, 3.05) is 6.61 Å². The van der Waals surface area contributed by atoms with Gasteiger partial charge in [-0.15, -0.1) is 11.3 Å². The highest BCUT2D eigenvalue weighted by Gasteiger charge is 2.33. The second kappa shape index (κ2) is 6.96. The Morgan fingerprint density at radius 2 is 1.97 bits per heavy atom. The van der Waals surface area contributed by atoms with E-state index in [1.54, 1.807) is 15.9 Å². The van der Waals surface area contributed by atoms with Crippen molar-refractivity contribution in [1.29, 1.82) is 0 Å². The number of hydrogen-bond acceptors (Lipinski definition) is 4. The maximum absolute atomic E-state index is 13.6. The van der Waals surface area contributed by atoms with Gasteiger partial charge in [-0.3, -0.25) is 13.9 Å². The smallest absolute Gasteiger partial charge is 0.332 e. The summed E-state index contributed by atoms with van der Waals surface area (Å²) >= 11 is 1.64. The molecule has 3 aromatic rings. The van der Waals surface area contributed by atoms with Gasteiger partial charge in [-0.1, -0.05) is 30.3 Å². The normalized spacial score (nSPS) is 20.8.